The maximum atomic E-state index is 2.68. The summed E-state index contributed by atoms with van der Waals surface area (Å²) in [7, 11) is 2.31. The second-order valence-electron chi connectivity index (χ2n) is 4.95. The van der Waals surface area contributed by atoms with Crippen LogP contribution in [0, 0.1) is 0 Å². The first-order valence-electron chi connectivity index (χ1n) is 6.34. The van der Waals surface area contributed by atoms with Crippen LogP contribution in [0.5, 0.6) is 0 Å². The molecular weight excluding hydrogens is 204 g/mol. The molecule has 2 aliphatic rings. The highest BCUT2D eigenvalue weighted by atomic mass is 32.2. The first kappa shape index (κ1) is 11.7. The summed E-state index contributed by atoms with van der Waals surface area (Å²) in [5.41, 5.74) is 0. The molecule has 1 unspecified atom stereocenters. The Morgan fingerprint density at radius 1 is 1.33 bits per heavy atom. The molecule has 2 fully saturated rings. The summed E-state index contributed by atoms with van der Waals surface area (Å²) in [5.74, 6) is 1.33. The smallest absolute Gasteiger partial charge is 0.0797 e. The summed E-state index contributed by atoms with van der Waals surface area (Å²) in [6.07, 6.45) is 5.48. The minimum atomic E-state index is 0.478. The van der Waals surface area contributed by atoms with Crippen LogP contribution in [-0.2, 0) is 0 Å². The van der Waals surface area contributed by atoms with E-state index >= 15 is 0 Å². The lowest BCUT2D eigenvalue weighted by molar-refractivity contribution is 0.105. The predicted molar refractivity (Wildman–Crippen MR) is 68.4 cm³/mol. The first-order chi connectivity index (χ1) is 7.27. The van der Waals surface area contributed by atoms with Gasteiger partial charge in [0.25, 0.3) is 0 Å². The highest BCUT2D eigenvalue weighted by Gasteiger charge is 2.42. The van der Waals surface area contributed by atoms with Gasteiger partial charge >= 0.3 is 0 Å². The third-order valence-electron chi connectivity index (χ3n) is 3.83. The largest absolute Gasteiger partial charge is 0.301 e. The molecule has 0 aromatic carbocycles. The Morgan fingerprint density at radius 3 is 2.87 bits per heavy atom. The maximum absolute atomic E-state index is 2.68. The molecule has 1 spiro atoms. The topological polar surface area (TPSA) is 6.48 Å². The highest BCUT2D eigenvalue weighted by Crippen LogP contribution is 2.41. The van der Waals surface area contributed by atoms with Crippen molar-refractivity contribution in [3.05, 3.63) is 0 Å². The van der Waals surface area contributed by atoms with E-state index in [1.165, 1.54) is 57.6 Å². The van der Waals surface area contributed by atoms with Crippen LogP contribution in [-0.4, -0.2) is 53.7 Å². The van der Waals surface area contributed by atoms with E-state index in [0.29, 0.717) is 4.87 Å². The second kappa shape index (κ2) is 5.07. The molecule has 2 aliphatic heterocycles. The van der Waals surface area contributed by atoms with Gasteiger partial charge in [-0.05, 0) is 39.4 Å². The van der Waals surface area contributed by atoms with E-state index < -0.39 is 0 Å². The van der Waals surface area contributed by atoms with Crippen molar-refractivity contribution >= 4 is 11.8 Å². The van der Waals surface area contributed by atoms with Crippen LogP contribution in [0.15, 0.2) is 0 Å². The quantitative estimate of drug-likeness (QED) is 0.731. The number of piperidine rings is 1. The molecular formula is C12H24N2S. The fourth-order valence-electron chi connectivity index (χ4n) is 2.77. The van der Waals surface area contributed by atoms with Crippen molar-refractivity contribution in [1.29, 1.82) is 0 Å². The third-order valence-corrected chi connectivity index (χ3v) is 5.40. The van der Waals surface area contributed by atoms with Crippen molar-refractivity contribution in [2.75, 3.05) is 39.0 Å². The Hall–Kier alpha value is 0.270. The van der Waals surface area contributed by atoms with E-state index in [1.807, 2.05) is 0 Å². The molecule has 2 heterocycles. The standard InChI is InChI=1S/C12H24N2S/c1-3-4-7-14-8-5-6-12(11-14)13(2)9-10-15-12/h3-11H2,1-2H3. The zero-order chi connectivity index (χ0) is 10.7. The van der Waals surface area contributed by atoms with E-state index in [9.17, 15) is 0 Å². The lowest BCUT2D eigenvalue weighted by Crippen LogP contribution is -2.52. The lowest BCUT2D eigenvalue weighted by Gasteiger charge is -2.43. The number of rotatable bonds is 3. The zero-order valence-electron chi connectivity index (χ0n) is 10.2. The van der Waals surface area contributed by atoms with Gasteiger partial charge in [0.1, 0.15) is 0 Å². The van der Waals surface area contributed by atoms with Gasteiger partial charge in [0.2, 0.25) is 0 Å². The zero-order valence-corrected chi connectivity index (χ0v) is 11.0. The van der Waals surface area contributed by atoms with E-state index in [2.05, 4.69) is 35.5 Å². The molecule has 1 atom stereocenters. The van der Waals surface area contributed by atoms with Crippen LogP contribution in [0.1, 0.15) is 32.6 Å². The molecule has 2 nitrogen and oxygen atoms in total. The maximum Gasteiger partial charge on any atom is 0.0797 e. The van der Waals surface area contributed by atoms with Crippen molar-refractivity contribution in [2.45, 2.75) is 37.5 Å². The van der Waals surface area contributed by atoms with Gasteiger partial charge < -0.3 is 4.90 Å². The van der Waals surface area contributed by atoms with E-state index in [-0.39, 0.29) is 0 Å². The molecule has 2 rings (SSSR count). The fourth-order valence-corrected chi connectivity index (χ4v) is 4.39. The van der Waals surface area contributed by atoms with E-state index in [0.717, 1.165) is 0 Å². The lowest BCUT2D eigenvalue weighted by atomic mass is 10.0. The number of likely N-dealkylation sites (tertiary alicyclic amines) is 1. The number of thioether (sulfide) groups is 1. The number of unbranched alkanes of at least 4 members (excludes halogenated alkanes) is 1. The van der Waals surface area contributed by atoms with Crippen LogP contribution in [0.4, 0.5) is 0 Å². The molecule has 0 saturated carbocycles. The Balaban J connectivity index is 1.91. The molecule has 0 aromatic rings. The summed E-state index contributed by atoms with van der Waals surface area (Å²) in [5, 5.41) is 0. The minimum absolute atomic E-state index is 0.478. The molecule has 15 heavy (non-hydrogen) atoms. The van der Waals surface area contributed by atoms with Gasteiger partial charge in [0.15, 0.2) is 0 Å². The van der Waals surface area contributed by atoms with Crippen LogP contribution < -0.4 is 0 Å². The summed E-state index contributed by atoms with van der Waals surface area (Å²) >= 11 is 2.20. The Kier molecular flexibility index (Phi) is 3.97. The average molecular weight is 228 g/mol. The SMILES string of the molecule is CCCCN1CCCC2(C1)SCCN2C. The molecule has 0 aromatic heterocycles. The number of likely N-dealkylation sites (N-methyl/N-ethyl adjacent to an activating group) is 1. The molecule has 0 aliphatic carbocycles. The van der Waals surface area contributed by atoms with Crippen molar-refractivity contribution in [2.24, 2.45) is 0 Å². The molecule has 3 heteroatoms. The van der Waals surface area contributed by atoms with Gasteiger partial charge in [-0.25, -0.2) is 0 Å². The highest BCUT2D eigenvalue weighted by molar-refractivity contribution is 8.00. The Morgan fingerprint density at radius 2 is 2.20 bits per heavy atom. The van der Waals surface area contributed by atoms with E-state index in [4.69, 9.17) is 0 Å². The van der Waals surface area contributed by atoms with Crippen molar-refractivity contribution < 1.29 is 0 Å². The van der Waals surface area contributed by atoms with Gasteiger partial charge in [0, 0.05) is 18.8 Å². The predicted octanol–water partition coefficient (Wildman–Crippen LogP) is 2.26. The second-order valence-corrected chi connectivity index (χ2v) is 6.41. The normalized spacial score (nSPS) is 34.0. The molecule has 88 valence electrons. The molecule has 0 amide bonds. The summed E-state index contributed by atoms with van der Waals surface area (Å²) in [6.45, 7) is 7.51. The summed E-state index contributed by atoms with van der Waals surface area (Å²) < 4.78 is 0. The van der Waals surface area contributed by atoms with Gasteiger partial charge in [-0.3, -0.25) is 4.90 Å². The molecule has 2 saturated heterocycles. The van der Waals surface area contributed by atoms with Gasteiger partial charge in [-0.2, -0.15) is 0 Å². The molecule has 0 bridgehead atoms. The fraction of sp³-hybridized carbons (Fsp3) is 1.00. The number of hydrogen-bond donors (Lipinski definition) is 0. The van der Waals surface area contributed by atoms with Gasteiger partial charge in [-0.15, -0.1) is 11.8 Å². The molecule has 0 N–H and O–H groups in total. The minimum Gasteiger partial charge on any atom is -0.301 e. The Labute approximate surface area is 98.4 Å². The van der Waals surface area contributed by atoms with Crippen LogP contribution in [0.25, 0.3) is 0 Å². The van der Waals surface area contributed by atoms with Crippen LogP contribution in [0.3, 0.4) is 0 Å². The summed E-state index contributed by atoms with van der Waals surface area (Å²) in [6, 6.07) is 0. The van der Waals surface area contributed by atoms with Crippen molar-refractivity contribution in [3.63, 3.8) is 0 Å². The van der Waals surface area contributed by atoms with Crippen molar-refractivity contribution in [1.82, 2.24) is 9.80 Å². The van der Waals surface area contributed by atoms with Crippen LogP contribution in [0.2, 0.25) is 0 Å². The number of nitrogens with zero attached hydrogens (tertiary/aromatic N) is 2. The first-order valence-corrected chi connectivity index (χ1v) is 7.33. The van der Waals surface area contributed by atoms with Gasteiger partial charge in [-0.1, -0.05) is 13.3 Å². The monoisotopic (exact) mass is 228 g/mol. The molecule has 0 radical (unpaired) electrons. The third kappa shape index (κ3) is 2.51. The summed E-state index contributed by atoms with van der Waals surface area (Å²) in [4.78, 5) is 5.75. The van der Waals surface area contributed by atoms with E-state index in [1.54, 1.807) is 0 Å². The average Bonchev–Trinajstić information content (AvgIpc) is 2.58. The Bertz CT molecular complexity index is 210. The van der Waals surface area contributed by atoms with Crippen molar-refractivity contribution in [3.8, 4) is 0 Å². The van der Waals surface area contributed by atoms with Crippen LogP contribution >= 0.6 is 11.8 Å². The number of hydrogen-bond acceptors (Lipinski definition) is 3. The van der Waals surface area contributed by atoms with Gasteiger partial charge in [0.05, 0.1) is 4.87 Å².